The van der Waals surface area contributed by atoms with Gasteiger partial charge < -0.3 is 15.0 Å². The van der Waals surface area contributed by atoms with Gasteiger partial charge in [0.1, 0.15) is 11.3 Å². The van der Waals surface area contributed by atoms with Crippen LogP contribution in [0.25, 0.3) is 0 Å². The van der Waals surface area contributed by atoms with Gasteiger partial charge >= 0.3 is 5.97 Å². The standard InChI is InChI=1S/C19H22N2O3S2/c1-24-19(23)16-13-21(9-11-26-16)17(22)12-20-18(15-8-5-10-25-15)14-6-3-2-4-7-14/h2-8,10,16,18,20H,9,11-13H2,1H3/p+1/t16-,18-/m0/s1. The maximum Gasteiger partial charge on any atom is 0.320 e. The van der Waals surface area contributed by atoms with E-state index in [1.165, 1.54) is 17.6 Å². The van der Waals surface area contributed by atoms with Crippen LogP contribution < -0.4 is 5.32 Å². The van der Waals surface area contributed by atoms with Gasteiger partial charge in [-0.2, -0.15) is 0 Å². The number of carbonyl (C=O) groups is 2. The van der Waals surface area contributed by atoms with Gasteiger partial charge in [0.05, 0.1) is 12.0 Å². The van der Waals surface area contributed by atoms with Gasteiger partial charge in [0.25, 0.3) is 5.91 Å². The number of thioether (sulfide) groups is 1. The second kappa shape index (κ2) is 9.21. The minimum Gasteiger partial charge on any atom is -0.468 e. The van der Waals surface area contributed by atoms with Crippen molar-refractivity contribution in [3.8, 4) is 0 Å². The maximum absolute atomic E-state index is 12.7. The summed E-state index contributed by atoms with van der Waals surface area (Å²) in [5, 5.41) is 3.86. The molecule has 1 saturated heterocycles. The van der Waals surface area contributed by atoms with Crippen molar-refractivity contribution in [1.82, 2.24) is 4.90 Å². The third kappa shape index (κ3) is 4.66. The van der Waals surface area contributed by atoms with E-state index in [0.717, 1.165) is 5.75 Å². The van der Waals surface area contributed by atoms with Gasteiger partial charge in [-0.3, -0.25) is 9.59 Å². The van der Waals surface area contributed by atoms with Gasteiger partial charge in [-0.25, -0.2) is 0 Å². The largest absolute Gasteiger partial charge is 0.468 e. The van der Waals surface area contributed by atoms with Crippen molar-refractivity contribution in [1.29, 1.82) is 0 Å². The molecule has 0 saturated carbocycles. The zero-order valence-electron chi connectivity index (χ0n) is 14.7. The predicted molar refractivity (Wildman–Crippen MR) is 104 cm³/mol. The summed E-state index contributed by atoms with van der Waals surface area (Å²) in [4.78, 5) is 27.5. The SMILES string of the molecule is COC(=O)[C@@H]1CN(C(=O)C[NH2+][C@@H](c2ccccc2)c2cccs2)CCS1. The molecular weight excluding hydrogens is 368 g/mol. The fourth-order valence-electron chi connectivity index (χ4n) is 3.04. The van der Waals surface area contributed by atoms with E-state index in [9.17, 15) is 9.59 Å². The number of ether oxygens (including phenoxy) is 1. The van der Waals surface area contributed by atoms with Crippen LogP contribution >= 0.6 is 23.1 Å². The molecule has 2 atom stereocenters. The lowest BCUT2D eigenvalue weighted by Crippen LogP contribution is -2.87. The van der Waals surface area contributed by atoms with E-state index in [2.05, 4.69) is 28.9 Å². The Kier molecular flexibility index (Phi) is 6.71. The van der Waals surface area contributed by atoms with E-state index in [1.54, 1.807) is 28.0 Å². The van der Waals surface area contributed by atoms with E-state index in [-0.39, 0.29) is 23.2 Å². The molecule has 1 aromatic carbocycles. The molecule has 0 radical (unpaired) electrons. The van der Waals surface area contributed by atoms with Crippen molar-refractivity contribution in [2.75, 3.05) is 32.5 Å². The summed E-state index contributed by atoms with van der Waals surface area (Å²) in [6.07, 6.45) is 0. The minimum absolute atomic E-state index is 0.0664. The molecule has 0 unspecified atom stereocenters. The molecule has 5 nitrogen and oxygen atoms in total. The van der Waals surface area contributed by atoms with Crippen molar-refractivity contribution in [3.63, 3.8) is 0 Å². The van der Waals surface area contributed by atoms with Crippen LogP contribution in [0.15, 0.2) is 47.8 Å². The van der Waals surface area contributed by atoms with Crippen molar-refractivity contribution in [3.05, 3.63) is 58.3 Å². The highest BCUT2D eigenvalue weighted by Gasteiger charge is 2.30. The van der Waals surface area contributed by atoms with E-state index >= 15 is 0 Å². The number of nitrogens with two attached hydrogens (primary N) is 1. The zero-order valence-corrected chi connectivity index (χ0v) is 16.3. The third-order valence-electron chi connectivity index (χ3n) is 4.42. The van der Waals surface area contributed by atoms with Crippen LogP contribution in [-0.4, -0.2) is 54.5 Å². The highest BCUT2D eigenvalue weighted by molar-refractivity contribution is 8.00. The molecular formula is C19H23N2O3S2+. The number of quaternary nitrogens is 1. The van der Waals surface area contributed by atoms with Crippen molar-refractivity contribution in [2.45, 2.75) is 11.3 Å². The number of rotatable bonds is 6. The lowest BCUT2D eigenvalue weighted by atomic mass is 10.1. The normalized spacial score (nSPS) is 18.3. The highest BCUT2D eigenvalue weighted by atomic mass is 32.2. The number of esters is 1. The first-order chi connectivity index (χ1) is 12.7. The molecule has 1 aliphatic rings. The van der Waals surface area contributed by atoms with E-state index in [0.29, 0.717) is 19.6 Å². The number of benzene rings is 1. The first kappa shape index (κ1) is 18.9. The predicted octanol–water partition coefficient (Wildman–Crippen LogP) is 1.52. The molecule has 26 heavy (non-hydrogen) atoms. The van der Waals surface area contributed by atoms with Gasteiger partial charge in [-0.1, -0.05) is 36.4 Å². The molecule has 2 aromatic rings. The average Bonchev–Trinajstić information content (AvgIpc) is 3.23. The van der Waals surface area contributed by atoms with Crippen LogP contribution in [0.3, 0.4) is 0 Å². The minimum atomic E-state index is -0.278. The van der Waals surface area contributed by atoms with Gasteiger partial charge in [-0.05, 0) is 11.4 Å². The quantitative estimate of drug-likeness (QED) is 0.759. The summed E-state index contributed by atoms with van der Waals surface area (Å²) in [5.41, 5.74) is 1.18. The number of nitrogens with zero attached hydrogens (tertiary/aromatic N) is 1. The monoisotopic (exact) mass is 391 g/mol. The highest BCUT2D eigenvalue weighted by Crippen LogP contribution is 2.23. The first-order valence-corrected chi connectivity index (χ1v) is 10.5. The summed E-state index contributed by atoms with van der Waals surface area (Å²) in [6, 6.07) is 14.5. The summed E-state index contributed by atoms with van der Waals surface area (Å²) in [6.45, 7) is 1.47. The van der Waals surface area contributed by atoms with Crippen LogP contribution in [0.5, 0.6) is 0 Å². The van der Waals surface area contributed by atoms with Crippen LogP contribution in [0.4, 0.5) is 0 Å². The molecule has 1 fully saturated rings. The average molecular weight is 392 g/mol. The Hall–Kier alpha value is -1.83. The van der Waals surface area contributed by atoms with Crippen LogP contribution in [-0.2, 0) is 14.3 Å². The van der Waals surface area contributed by atoms with Crippen molar-refractivity contribution in [2.24, 2.45) is 0 Å². The Morgan fingerprint density at radius 3 is 2.77 bits per heavy atom. The molecule has 3 rings (SSSR count). The fourth-order valence-corrected chi connectivity index (χ4v) is 5.02. The number of methoxy groups -OCH3 is 1. The second-order valence-corrected chi connectivity index (χ2v) is 8.36. The first-order valence-electron chi connectivity index (χ1n) is 8.58. The number of hydrogen-bond acceptors (Lipinski definition) is 5. The third-order valence-corrected chi connectivity index (χ3v) is 6.54. The molecule has 0 bridgehead atoms. The fraction of sp³-hybridized carbons (Fsp3) is 0.368. The van der Waals surface area contributed by atoms with Crippen molar-refractivity contribution >= 4 is 35.0 Å². The number of hydrogen-bond donors (Lipinski definition) is 1. The molecule has 2 N–H and O–H groups in total. The molecule has 0 spiro atoms. The van der Waals surface area contributed by atoms with Gasteiger partial charge in [0.15, 0.2) is 6.54 Å². The van der Waals surface area contributed by atoms with Crippen LogP contribution in [0.1, 0.15) is 16.5 Å². The lowest BCUT2D eigenvalue weighted by Gasteiger charge is -2.30. The number of thiophene rings is 1. The summed E-state index contributed by atoms with van der Waals surface area (Å²) in [7, 11) is 1.39. The summed E-state index contributed by atoms with van der Waals surface area (Å²) in [5.74, 6) is 0.576. The Balaban J connectivity index is 1.64. The van der Waals surface area contributed by atoms with Crippen molar-refractivity contribution < 1.29 is 19.6 Å². The molecule has 1 aromatic heterocycles. The Labute approximate surface area is 161 Å². The summed E-state index contributed by atoms with van der Waals surface area (Å²) < 4.78 is 4.82. The van der Waals surface area contributed by atoms with Gasteiger partial charge in [0, 0.05) is 24.4 Å². The molecule has 1 aliphatic heterocycles. The molecule has 7 heteroatoms. The maximum atomic E-state index is 12.7. The Bertz CT molecular complexity index is 722. The van der Waals surface area contributed by atoms with Crippen LogP contribution in [0.2, 0.25) is 0 Å². The lowest BCUT2D eigenvalue weighted by molar-refractivity contribution is -0.676. The smallest absolute Gasteiger partial charge is 0.320 e. The molecule has 138 valence electrons. The summed E-state index contributed by atoms with van der Waals surface area (Å²) >= 11 is 3.26. The van der Waals surface area contributed by atoms with Gasteiger partial charge in [0.2, 0.25) is 0 Å². The van der Waals surface area contributed by atoms with E-state index < -0.39 is 0 Å². The number of amides is 1. The molecule has 2 heterocycles. The zero-order chi connectivity index (χ0) is 18.4. The topological polar surface area (TPSA) is 63.2 Å². The second-order valence-electron chi connectivity index (χ2n) is 6.07. The Morgan fingerprint density at radius 1 is 1.27 bits per heavy atom. The van der Waals surface area contributed by atoms with Gasteiger partial charge in [-0.15, -0.1) is 23.1 Å². The van der Waals surface area contributed by atoms with E-state index in [1.807, 2.05) is 24.3 Å². The number of carbonyl (C=O) groups excluding carboxylic acids is 2. The molecule has 0 aliphatic carbocycles. The van der Waals surface area contributed by atoms with Crippen LogP contribution in [0, 0.1) is 0 Å². The van der Waals surface area contributed by atoms with E-state index in [4.69, 9.17) is 4.74 Å². The molecule has 1 amide bonds. The Morgan fingerprint density at radius 2 is 2.08 bits per heavy atom.